The number of allylic oxidation sites excluding steroid dienone is 1. The lowest BCUT2D eigenvalue weighted by Crippen LogP contribution is -2.09. The minimum absolute atomic E-state index is 0.346. The molecule has 0 unspecified atom stereocenters. The van der Waals surface area contributed by atoms with E-state index in [0.717, 1.165) is 18.5 Å². The summed E-state index contributed by atoms with van der Waals surface area (Å²) >= 11 is 0. The van der Waals surface area contributed by atoms with Gasteiger partial charge in [-0.3, -0.25) is 0 Å². The summed E-state index contributed by atoms with van der Waals surface area (Å²) in [5.41, 5.74) is 9.26. The summed E-state index contributed by atoms with van der Waals surface area (Å²) in [6.45, 7) is 10.5. The van der Waals surface area contributed by atoms with Crippen molar-refractivity contribution in [3.63, 3.8) is 0 Å². The first-order valence-electron chi connectivity index (χ1n) is 5.38. The molecule has 0 aliphatic heterocycles. The van der Waals surface area contributed by atoms with Crippen molar-refractivity contribution < 1.29 is 0 Å². The zero-order valence-corrected chi connectivity index (χ0v) is 10.0. The van der Waals surface area contributed by atoms with E-state index in [1.54, 1.807) is 0 Å². The van der Waals surface area contributed by atoms with E-state index < -0.39 is 0 Å². The first-order chi connectivity index (χ1) is 6.87. The second-order valence-corrected chi connectivity index (χ2v) is 5.39. The third kappa shape index (κ3) is 4.68. The van der Waals surface area contributed by atoms with Gasteiger partial charge in [0.25, 0.3) is 0 Å². The van der Waals surface area contributed by atoms with E-state index in [2.05, 4.69) is 51.6 Å². The van der Waals surface area contributed by atoms with Crippen LogP contribution in [0.1, 0.15) is 31.9 Å². The summed E-state index contributed by atoms with van der Waals surface area (Å²) in [4.78, 5) is 0. The minimum Gasteiger partial charge on any atom is -0.402 e. The van der Waals surface area contributed by atoms with Gasteiger partial charge in [-0.2, -0.15) is 0 Å². The monoisotopic (exact) mass is 203 g/mol. The molecule has 0 aliphatic carbocycles. The smallest absolute Gasteiger partial charge is 0.0115 e. The van der Waals surface area contributed by atoms with Gasteiger partial charge in [-0.1, -0.05) is 51.6 Å². The molecule has 0 spiro atoms. The molecule has 0 radical (unpaired) electrons. The van der Waals surface area contributed by atoms with Gasteiger partial charge in [0, 0.05) is 12.1 Å². The summed E-state index contributed by atoms with van der Waals surface area (Å²) in [5.74, 6) is 0. The Bertz CT molecular complexity index is 327. The van der Waals surface area contributed by atoms with Crippen molar-refractivity contribution in [2.45, 2.75) is 33.6 Å². The molecule has 2 N–H and O–H groups in total. The first-order valence-corrected chi connectivity index (χ1v) is 5.38. The van der Waals surface area contributed by atoms with Gasteiger partial charge in [0.15, 0.2) is 0 Å². The lowest BCUT2D eigenvalue weighted by atomic mass is 9.88. The highest BCUT2D eigenvalue weighted by Crippen LogP contribution is 2.20. The van der Waals surface area contributed by atoms with Gasteiger partial charge in [-0.05, 0) is 23.0 Å². The molecule has 0 aliphatic rings. The van der Waals surface area contributed by atoms with Gasteiger partial charge in [0.1, 0.15) is 0 Å². The van der Waals surface area contributed by atoms with E-state index >= 15 is 0 Å². The first kappa shape index (κ1) is 11.8. The Balaban J connectivity index is 2.68. The molecule has 0 bridgehead atoms. The van der Waals surface area contributed by atoms with Gasteiger partial charge in [-0.25, -0.2) is 0 Å². The Morgan fingerprint density at radius 2 is 1.60 bits per heavy atom. The number of hydrogen-bond donors (Lipinski definition) is 1. The van der Waals surface area contributed by atoms with Crippen LogP contribution in [0, 0.1) is 5.41 Å². The van der Waals surface area contributed by atoms with Crippen LogP contribution in [-0.2, 0) is 12.8 Å². The van der Waals surface area contributed by atoms with E-state index in [-0.39, 0.29) is 0 Å². The molecule has 0 heterocycles. The summed E-state index contributed by atoms with van der Waals surface area (Å²) in [5, 5.41) is 0. The highest BCUT2D eigenvalue weighted by Gasteiger charge is 2.10. The predicted molar refractivity (Wildman–Crippen MR) is 66.6 cm³/mol. The van der Waals surface area contributed by atoms with Gasteiger partial charge >= 0.3 is 0 Å². The molecule has 1 aromatic carbocycles. The van der Waals surface area contributed by atoms with Crippen molar-refractivity contribution in [2.24, 2.45) is 11.1 Å². The molecule has 15 heavy (non-hydrogen) atoms. The average molecular weight is 203 g/mol. The Labute approximate surface area is 93.0 Å². The van der Waals surface area contributed by atoms with Crippen molar-refractivity contribution in [3.05, 3.63) is 47.7 Å². The van der Waals surface area contributed by atoms with E-state index in [9.17, 15) is 0 Å². The Hall–Kier alpha value is -1.24. The van der Waals surface area contributed by atoms with Crippen LogP contribution in [0.5, 0.6) is 0 Å². The van der Waals surface area contributed by atoms with Crippen LogP contribution in [-0.4, -0.2) is 0 Å². The normalized spacial score (nSPS) is 11.4. The minimum atomic E-state index is 0.346. The lowest BCUT2D eigenvalue weighted by molar-refractivity contribution is 0.411. The van der Waals surface area contributed by atoms with E-state index in [1.807, 2.05) is 0 Å². The van der Waals surface area contributed by atoms with Crippen molar-refractivity contribution in [1.29, 1.82) is 0 Å². The van der Waals surface area contributed by atoms with Crippen LogP contribution in [0.25, 0.3) is 0 Å². The van der Waals surface area contributed by atoms with Crippen molar-refractivity contribution in [2.75, 3.05) is 0 Å². The largest absolute Gasteiger partial charge is 0.402 e. The number of rotatable bonds is 3. The standard InChI is InChI=1S/C14H21N/c1-11(15)9-12-5-7-13(8-6-12)10-14(2,3)4/h5-8H,1,9-10,15H2,2-4H3. The second kappa shape index (κ2) is 4.52. The van der Waals surface area contributed by atoms with E-state index in [4.69, 9.17) is 5.73 Å². The number of hydrogen-bond acceptors (Lipinski definition) is 1. The Morgan fingerprint density at radius 3 is 2.00 bits per heavy atom. The summed E-state index contributed by atoms with van der Waals surface area (Å²) < 4.78 is 0. The highest BCUT2D eigenvalue weighted by atomic mass is 14.6. The summed E-state index contributed by atoms with van der Waals surface area (Å²) in [6.07, 6.45) is 1.88. The molecule has 0 aromatic heterocycles. The summed E-state index contributed by atoms with van der Waals surface area (Å²) in [6, 6.07) is 8.64. The number of benzene rings is 1. The molecule has 82 valence electrons. The van der Waals surface area contributed by atoms with Gasteiger partial charge in [-0.15, -0.1) is 0 Å². The molecule has 0 saturated carbocycles. The number of nitrogens with two attached hydrogens (primary N) is 1. The third-order valence-electron chi connectivity index (χ3n) is 2.19. The van der Waals surface area contributed by atoms with Crippen LogP contribution in [0.4, 0.5) is 0 Å². The maximum absolute atomic E-state index is 5.57. The fourth-order valence-corrected chi connectivity index (χ4v) is 1.65. The topological polar surface area (TPSA) is 26.0 Å². The molecule has 0 atom stereocenters. The van der Waals surface area contributed by atoms with Crippen molar-refractivity contribution in [1.82, 2.24) is 0 Å². The Morgan fingerprint density at radius 1 is 1.13 bits per heavy atom. The van der Waals surface area contributed by atoms with Crippen molar-refractivity contribution >= 4 is 0 Å². The van der Waals surface area contributed by atoms with Crippen LogP contribution in [0.3, 0.4) is 0 Å². The maximum Gasteiger partial charge on any atom is 0.0115 e. The third-order valence-corrected chi connectivity index (χ3v) is 2.19. The fraction of sp³-hybridized carbons (Fsp3) is 0.429. The molecule has 1 heteroatoms. The average Bonchev–Trinajstić information content (AvgIpc) is 2.05. The van der Waals surface area contributed by atoms with Gasteiger partial charge in [0.05, 0.1) is 0 Å². The lowest BCUT2D eigenvalue weighted by Gasteiger charge is -2.18. The van der Waals surface area contributed by atoms with Crippen LogP contribution in [0.2, 0.25) is 0 Å². The molecule has 0 fully saturated rings. The molecule has 1 aromatic rings. The molecular weight excluding hydrogens is 182 g/mol. The quantitative estimate of drug-likeness (QED) is 0.801. The highest BCUT2D eigenvalue weighted by molar-refractivity contribution is 5.25. The molecular formula is C14H21N. The molecule has 1 rings (SSSR count). The van der Waals surface area contributed by atoms with Crippen LogP contribution < -0.4 is 5.73 Å². The van der Waals surface area contributed by atoms with Crippen molar-refractivity contribution in [3.8, 4) is 0 Å². The van der Waals surface area contributed by atoms with Crippen LogP contribution >= 0.6 is 0 Å². The van der Waals surface area contributed by atoms with E-state index in [1.165, 1.54) is 11.1 Å². The molecule has 0 saturated heterocycles. The Kier molecular flexibility index (Phi) is 3.57. The zero-order valence-electron chi connectivity index (χ0n) is 10.0. The SMILES string of the molecule is C=C(N)Cc1ccc(CC(C)(C)C)cc1. The second-order valence-electron chi connectivity index (χ2n) is 5.39. The van der Waals surface area contributed by atoms with E-state index in [0.29, 0.717) is 5.41 Å². The summed E-state index contributed by atoms with van der Waals surface area (Å²) in [7, 11) is 0. The zero-order chi connectivity index (χ0) is 11.5. The van der Waals surface area contributed by atoms with Gasteiger partial charge < -0.3 is 5.73 Å². The molecule has 0 amide bonds. The predicted octanol–water partition coefficient (Wildman–Crippen LogP) is 3.29. The maximum atomic E-state index is 5.57. The van der Waals surface area contributed by atoms with Gasteiger partial charge in [0.2, 0.25) is 0 Å². The molecule has 1 nitrogen and oxygen atoms in total. The van der Waals surface area contributed by atoms with Crippen LogP contribution in [0.15, 0.2) is 36.5 Å². The fourth-order valence-electron chi connectivity index (χ4n) is 1.65.